The quantitative estimate of drug-likeness (QED) is 0.923. The van der Waals surface area contributed by atoms with E-state index in [1.165, 1.54) is 5.69 Å². The number of piperazine rings is 1. The Hall–Kier alpha value is -1.94. The van der Waals surface area contributed by atoms with Crippen molar-refractivity contribution in [2.24, 2.45) is 0 Å². The highest BCUT2D eigenvalue weighted by Gasteiger charge is 2.18. The van der Waals surface area contributed by atoms with Crippen LogP contribution in [-0.2, 0) is 0 Å². The van der Waals surface area contributed by atoms with Gasteiger partial charge in [-0.15, -0.1) is 0 Å². The van der Waals surface area contributed by atoms with Crippen molar-refractivity contribution in [2.45, 2.75) is 0 Å². The summed E-state index contributed by atoms with van der Waals surface area (Å²) in [6.45, 7) is 3.83. The molecule has 0 saturated carbocycles. The van der Waals surface area contributed by atoms with E-state index >= 15 is 0 Å². The van der Waals surface area contributed by atoms with Gasteiger partial charge in [-0.2, -0.15) is 0 Å². The molecule has 0 atom stereocenters. The lowest BCUT2D eigenvalue weighted by Gasteiger charge is -2.36. The van der Waals surface area contributed by atoms with Gasteiger partial charge in [-0.25, -0.2) is 4.98 Å². The molecule has 0 spiro atoms. The van der Waals surface area contributed by atoms with Crippen LogP contribution in [0.2, 0.25) is 5.02 Å². The van der Waals surface area contributed by atoms with Crippen molar-refractivity contribution in [1.82, 2.24) is 4.98 Å². The first-order chi connectivity index (χ1) is 9.72. The van der Waals surface area contributed by atoms with Gasteiger partial charge >= 0.3 is 0 Å². The Morgan fingerprint density at radius 1 is 0.900 bits per heavy atom. The third kappa shape index (κ3) is 2.80. The van der Waals surface area contributed by atoms with Crippen LogP contribution in [0.25, 0.3) is 0 Å². The topological polar surface area (TPSA) is 45.4 Å². The van der Waals surface area contributed by atoms with Gasteiger partial charge in [-0.05, 0) is 36.4 Å². The lowest BCUT2D eigenvalue weighted by Crippen LogP contribution is -2.46. The fourth-order valence-corrected chi connectivity index (χ4v) is 2.59. The van der Waals surface area contributed by atoms with Crippen molar-refractivity contribution < 1.29 is 0 Å². The molecule has 4 nitrogen and oxygen atoms in total. The number of pyridine rings is 1. The van der Waals surface area contributed by atoms with Crippen molar-refractivity contribution in [3.05, 3.63) is 47.5 Å². The van der Waals surface area contributed by atoms with Gasteiger partial charge in [-0.3, -0.25) is 0 Å². The van der Waals surface area contributed by atoms with Crippen molar-refractivity contribution in [1.29, 1.82) is 0 Å². The van der Waals surface area contributed by atoms with E-state index in [4.69, 9.17) is 17.3 Å². The molecule has 1 aliphatic heterocycles. The Labute approximate surface area is 123 Å². The first-order valence-electron chi connectivity index (χ1n) is 6.70. The summed E-state index contributed by atoms with van der Waals surface area (Å²) in [4.78, 5) is 9.00. The molecular formula is C15H17ClN4. The van der Waals surface area contributed by atoms with Crippen LogP contribution < -0.4 is 15.5 Å². The highest BCUT2D eigenvalue weighted by atomic mass is 35.5. The van der Waals surface area contributed by atoms with Gasteiger partial charge in [0.25, 0.3) is 0 Å². The molecule has 0 amide bonds. The van der Waals surface area contributed by atoms with E-state index in [9.17, 15) is 0 Å². The first kappa shape index (κ1) is 13.1. The summed E-state index contributed by atoms with van der Waals surface area (Å²) in [5.41, 5.74) is 6.95. The average molecular weight is 289 g/mol. The fraction of sp³-hybridized carbons (Fsp3) is 0.267. The molecule has 0 aliphatic carbocycles. The van der Waals surface area contributed by atoms with E-state index < -0.39 is 0 Å². The number of nitrogens with two attached hydrogens (primary N) is 1. The van der Waals surface area contributed by atoms with Crippen molar-refractivity contribution in [3.63, 3.8) is 0 Å². The Morgan fingerprint density at radius 3 is 2.20 bits per heavy atom. The summed E-state index contributed by atoms with van der Waals surface area (Å²) in [6, 6.07) is 13.8. The Bertz CT molecular complexity index is 577. The summed E-state index contributed by atoms with van der Waals surface area (Å²) in [6.07, 6.45) is 0. The summed E-state index contributed by atoms with van der Waals surface area (Å²) in [5, 5.41) is 0.774. The van der Waals surface area contributed by atoms with Crippen molar-refractivity contribution in [2.75, 3.05) is 41.7 Å². The van der Waals surface area contributed by atoms with Gasteiger partial charge < -0.3 is 15.5 Å². The number of nitrogens with zero attached hydrogens (tertiary/aromatic N) is 3. The maximum absolute atomic E-state index is 5.92. The third-order valence-corrected chi connectivity index (χ3v) is 3.80. The van der Waals surface area contributed by atoms with E-state index in [1.54, 1.807) is 0 Å². The number of benzene rings is 1. The van der Waals surface area contributed by atoms with Gasteiger partial charge in [-0.1, -0.05) is 17.7 Å². The summed E-state index contributed by atoms with van der Waals surface area (Å²) in [5.74, 6) is 1.53. The lowest BCUT2D eigenvalue weighted by molar-refractivity contribution is 0.648. The van der Waals surface area contributed by atoms with Gasteiger partial charge in [0.15, 0.2) is 0 Å². The number of nitrogen functional groups attached to an aromatic ring is 1. The molecule has 2 N–H and O–H groups in total. The van der Waals surface area contributed by atoms with Crippen LogP contribution in [0.15, 0.2) is 42.5 Å². The van der Waals surface area contributed by atoms with E-state index in [-0.39, 0.29) is 0 Å². The molecule has 1 saturated heterocycles. The Kier molecular flexibility index (Phi) is 3.65. The van der Waals surface area contributed by atoms with Gasteiger partial charge in [0, 0.05) is 36.9 Å². The van der Waals surface area contributed by atoms with E-state index in [0.717, 1.165) is 37.0 Å². The smallest absolute Gasteiger partial charge is 0.131 e. The number of halogens is 1. The second kappa shape index (κ2) is 5.59. The maximum Gasteiger partial charge on any atom is 0.131 e. The minimum Gasteiger partial charge on any atom is -0.384 e. The zero-order valence-corrected chi connectivity index (χ0v) is 11.9. The number of hydrogen-bond acceptors (Lipinski definition) is 4. The summed E-state index contributed by atoms with van der Waals surface area (Å²) >= 11 is 5.92. The lowest BCUT2D eigenvalue weighted by atomic mass is 10.2. The Morgan fingerprint density at radius 2 is 1.55 bits per heavy atom. The average Bonchev–Trinajstić information content (AvgIpc) is 2.48. The van der Waals surface area contributed by atoms with E-state index in [2.05, 4.69) is 26.9 Å². The van der Waals surface area contributed by atoms with Crippen LogP contribution in [0, 0.1) is 0 Å². The number of aromatic nitrogens is 1. The minimum absolute atomic E-state index is 0.572. The number of rotatable bonds is 2. The van der Waals surface area contributed by atoms with E-state index in [1.807, 2.05) is 30.3 Å². The van der Waals surface area contributed by atoms with Gasteiger partial charge in [0.2, 0.25) is 0 Å². The number of anilines is 3. The maximum atomic E-state index is 5.92. The molecule has 104 valence electrons. The second-order valence-electron chi connectivity index (χ2n) is 4.87. The zero-order valence-electron chi connectivity index (χ0n) is 11.2. The second-order valence-corrected chi connectivity index (χ2v) is 5.31. The molecule has 1 aromatic carbocycles. The largest absolute Gasteiger partial charge is 0.384 e. The molecule has 0 unspecified atom stereocenters. The Balaban J connectivity index is 1.66. The number of hydrogen-bond donors (Lipinski definition) is 1. The SMILES string of the molecule is Nc1cccc(N2CCN(c3ccc(Cl)cc3)CC2)n1. The monoisotopic (exact) mass is 288 g/mol. The summed E-state index contributed by atoms with van der Waals surface area (Å²) in [7, 11) is 0. The summed E-state index contributed by atoms with van der Waals surface area (Å²) < 4.78 is 0. The predicted octanol–water partition coefficient (Wildman–Crippen LogP) is 2.64. The molecule has 3 rings (SSSR count). The molecule has 1 aliphatic rings. The molecule has 0 radical (unpaired) electrons. The molecule has 0 bridgehead atoms. The van der Waals surface area contributed by atoms with E-state index in [0.29, 0.717) is 5.82 Å². The van der Waals surface area contributed by atoms with Crippen LogP contribution in [-0.4, -0.2) is 31.2 Å². The third-order valence-electron chi connectivity index (χ3n) is 3.55. The molecule has 1 fully saturated rings. The predicted molar refractivity (Wildman–Crippen MR) is 84.5 cm³/mol. The van der Waals surface area contributed by atoms with Crippen LogP contribution in [0.5, 0.6) is 0 Å². The highest BCUT2D eigenvalue weighted by molar-refractivity contribution is 6.30. The fourth-order valence-electron chi connectivity index (χ4n) is 2.46. The molecule has 20 heavy (non-hydrogen) atoms. The zero-order chi connectivity index (χ0) is 13.9. The van der Waals surface area contributed by atoms with Crippen LogP contribution >= 0.6 is 11.6 Å². The molecule has 2 heterocycles. The van der Waals surface area contributed by atoms with Crippen molar-refractivity contribution in [3.8, 4) is 0 Å². The van der Waals surface area contributed by atoms with Crippen LogP contribution in [0.1, 0.15) is 0 Å². The normalized spacial score (nSPS) is 15.4. The molecular weight excluding hydrogens is 272 g/mol. The highest BCUT2D eigenvalue weighted by Crippen LogP contribution is 2.21. The van der Waals surface area contributed by atoms with Gasteiger partial charge in [0.05, 0.1) is 0 Å². The molecule has 2 aromatic rings. The van der Waals surface area contributed by atoms with Crippen LogP contribution in [0.3, 0.4) is 0 Å². The molecule has 5 heteroatoms. The molecule has 1 aromatic heterocycles. The minimum atomic E-state index is 0.572. The van der Waals surface area contributed by atoms with Gasteiger partial charge in [0.1, 0.15) is 11.6 Å². The van der Waals surface area contributed by atoms with Crippen molar-refractivity contribution >= 4 is 28.9 Å². The standard InChI is InChI=1S/C15H17ClN4/c16-12-4-6-13(7-5-12)19-8-10-20(11-9-19)15-3-1-2-14(17)18-15/h1-7H,8-11H2,(H2,17,18). The first-order valence-corrected chi connectivity index (χ1v) is 7.08. The van der Waals surface area contributed by atoms with Crippen LogP contribution in [0.4, 0.5) is 17.3 Å².